The van der Waals surface area contributed by atoms with Crippen LogP contribution < -0.4 is 14.8 Å². The molecular formula is C27H29N3O4S. The Hall–Kier alpha value is -3.39. The summed E-state index contributed by atoms with van der Waals surface area (Å²) in [6.07, 6.45) is 1.09. The van der Waals surface area contributed by atoms with Gasteiger partial charge in [-0.1, -0.05) is 29.8 Å². The zero-order chi connectivity index (χ0) is 24.7. The largest absolute Gasteiger partial charge is 0.497 e. The van der Waals surface area contributed by atoms with Gasteiger partial charge in [-0.25, -0.2) is 4.98 Å². The molecule has 2 aliphatic rings. The number of nitrogens with one attached hydrogen (secondary N) is 1. The number of ether oxygens (including phenoxy) is 2. The van der Waals surface area contributed by atoms with Gasteiger partial charge in [0, 0.05) is 19.2 Å². The quantitative estimate of drug-likeness (QED) is 0.532. The second-order valence-electron chi connectivity index (χ2n) is 9.24. The Morgan fingerprint density at radius 2 is 1.97 bits per heavy atom. The number of carbonyl (C=O) groups excluding carboxylic acids is 2. The Bertz CT molecular complexity index is 1290. The van der Waals surface area contributed by atoms with Gasteiger partial charge in [0.25, 0.3) is 11.8 Å². The minimum atomic E-state index is -0.231. The molecule has 5 rings (SSSR count). The van der Waals surface area contributed by atoms with E-state index in [1.54, 1.807) is 36.6 Å². The van der Waals surface area contributed by atoms with E-state index < -0.39 is 0 Å². The first-order valence-corrected chi connectivity index (χ1v) is 12.6. The summed E-state index contributed by atoms with van der Waals surface area (Å²) in [5.41, 5.74) is 3.10. The van der Waals surface area contributed by atoms with Crippen LogP contribution in [0.4, 0.5) is 0 Å². The predicted octanol–water partition coefficient (Wildman–Crippen LogP) is 4.33. The van der Waals surface area contributed by atoms with Crippen molar-refractivity contribution in [1.82, 2.24) is 15.2 Å². The molecule has 1 saturated heterocycles. The summed E-state index contributed by atoms with van der Waals surface area (Å²) in [6.45, 7) is 5.08. The van der Waals surface area contributed by atoms with Gasteiger partial charge < -0.3 is 19.7 Å². The number of nitrogens with zero attached hydrogens (tertiary/aromatic N) is 2. The average Bonchev–Trinajstić information content (AvgIpc) is 3.37. The van der Waals surface area contributed by atoms with Crippen molar-refractivity contribution in [2.24, 2.45) is 11.8 Å². The number of amides is 2. The fourth-order valence-corrected chi connectivity index (χ4v) is 5.94. The van der Waals surface area contributed by atoms with E-state index in [-0.39, 0.29) is 17.9 Å². The van der Waals surface area contributed by atoms with Crippen molar-refractivity contribution >= 4 is 23.2 Å². The summed E-state index contributed by atoms with van der Waals surface area (Å²) in [5, 5.41) is 3.90. The SMILES string of the molecule is COc1ccc(C(=O)NC[C@@H]2C3C[C@H]3CN2C(=O)c2nc(C)sc2-c2cccc(C)c2)c(OC)c1. The van der Waals surface area contributed by atoms with Crippen LogP contribution in [0.5, 0.6) is 11.5 Å². The summed E-state index contributed by atoms with van der Waals surface area (Å²) in [4.78, 5) is 34.1. The fraction of sp³-hybridized carbons (Fsp3) is 0.370. The van der Waals surface area contributed by atoms with Crippen LogP contribution in [-0.4, -0.2) is 55.0 Å². The van der Waals surface area contributed by atoms with E-state index in [9.17, 15) is 9.59 Å². The molecule has 0 radical (unpaired) electrons. The van der Waals surface area contributed by atoms with Crippen molar-refractivity contribution in [2.75, 3.05) is 27.3 Å². The zero-order valence-electron chi connectivity index (χ0n) is 20.3. The third-order valence-corrected chi connectivity index (χ3v) is 7.93. The number of fused-ring (bicyclic) bond motifs is 1. The van der Waals surface area contributed by atoms with E-state index in [1.165, 1.54) is 7.11 Å². The number of likely N-dealkylation sites (tertiary alicyclic amines) is 1. The number of hydrogen-bond acceptors (Lipinski definition) is 6. The molecule has 1 saturated carbocycles. The summed E-state index contributed by atoms with van der Waals surface area (Å²) in [6, 6.07) is 13.2. The molecule has 1 aliphatic heterocycles. The Kier molecular flexibility index (Phi) is 6.23. The van der Waals surface area contributed by atoms with Gasteiger partial charge in [-0.15, -0.1) is 11.3 Å². The van der Waals surface area contributed by atoms with Crippen molar-refractivity contribution in [3.8, 4) is 21.9 Å². The lowest BCUT2D eigenvalue weighted by Crippen LogP contribution is -2.45. The molecule has 1 unspecified atom stereocenters. The van der Waals surface area contributed by atoms with Crippen molar-refractivity contribution in [3.05, 3.63) is 64.3 Å². The number of rotatable bonds is 7. The Morgan fingerprint density at radius 1 is 1.14 bits per heavy atom. The van der Waals surface area contributed by atoms with E-state index in [0.717, 1.165) is 27.4 Å². The second kappa shape index (κ2) is 9.34. The lowest BCUT2D eigenvalue weighted by Gasteiger charge is -2.27. The second-order valence-corrected chi connectivity index (χ2v) is 10.4. The van der Waals surface area contributed by atoms with Gasteiger partial charge in [-0.05, 0) is 49.8 Å². The standard InChI is InChI=1S/C27H29N3O4S/c1-15-6-5-7-17(10-15)25-24(29-16(2)35-25)27(32)30-14-18-11-21(18)22(30)13-28-26(31)20-9-8-19(33-3)12-23(20)34-4/h5-10,12,18,21-22H,11,13-14H2,1-4H3,(H,28,31)/t18-,21?,22+/m0/s1. The highest BCUT2D eigenvalue weighted by Gasteiger charge is 2.54. The van der Waals surface area contributed by atoms with Crippen molar-refractivity contribution in [2.45, 2.75) is 26.3 Å². The molecule has 1 aliphatic carbocycles. The monoisotopic (exact) mass is 491 g/mol. The molecule has 3 atom stereocenters. The third-order valence-electron chi connectivity index (χ3n) is 6.91. The van der Waals surface area contributed by atoms with Gasteiger partial charge in [-0.2, -0.15) is 0 Å². The topological polar surface area (TPSA) is 80.8 Å². The van der Waals surface area contributed by atoms with Crippen molar-refractivity contribution < 1.29 is 19.1 Å². The normalized spacial score (nSPS) is 20.3. The van der Waals surface area contributed by atoms with Crippen LogP contribution in [0.1, 0.15) is 37.8 Å². The summed E-state index contributed by atoms with van der Waals surface area (Å²) in [5.74, 6) is 1.70. The summed E-state index contributed by atoms with van der Waals surface area (Å²) in [7, 11) is 3.10. The van der Waals surface area contributed by atoms with Crippen LogP contribution in [-0.2, 0) is 0 Å². The maximum absolute atomic E-state index is 13.7. The molecule has 0 spiro atoms. The van der Waals surface area contributed by atoms with Crippen LogP contribution in [0.15, 0.2) is 42.5 Å². The first-order chi connectivity index (χ1) is 16.9. The molecular weight excluding hydrogens is 462 g/mol. The van der Waals surface area contributed by atoms with Gasteiger partial charge in [0.05, 0.1) is 35.7 Å². The van der Waals surface area contributed by atoms with Gasteiger partial charge in [0.2, 0.25) is 0 Å². The van der Waals surface area contributed by atoms with Gasteiger partial charge in [0.15, 0.2) is 0 Å². The first kappa shape index (κ1) is 23.4. The van der Waals surface area contributed by atoms with Crippen LogP contribution in [0.3, 0.4) is 0 Å². The maximum atomic E-state index is 13.7. The number of hydrogen-bond donors (Lipinski definition) is 1. The molecule has 3 aromatic rings. The smallest absolute Gasteiger partial charge is 0.274 e. The molecule has 2 heterocycles. The van der Waals surface area contributed by atoms with Crippen LogP contribution in [0.2, 0.25) is 0 Å². The van der Waals surface area contributed by atoms with Crippen LogP contribution in [0.25, 0.3) is 10.4 Å². The molecule has 182 valence electrons. The molecule has 1 aromatic heterocycles. The fourth-order valence-electron chi connectivity index (χ4n) is 5.04. The minimum absolute atomic E-state index is 0.0481. The third kappa shape index (κ3) is 4.50. The number of benzene rings is 2. The molecule has 2 aromatic carbocycles. The van der Waals surface area contributed by atoms with E-state index in [0.29, 0.717) is 47.7 Å². The summed E-state index contributed by atoms with van der Waals surface area (Å²) >= 11 is 1.55. The first-order valence-electron chi connectivity index (χ1n) is 11.7. The molecule has 35 heavy (non-hydrogen) atoms. The van der Waals surface area contributed by atoms with Crippen molar-refractivity contribution in [1.29, 1.82) is 0 Å². The molecule has 2 amide bonds. The Morgan fingerprint density at radius 3 is 2.71 bits per heavy atom. The highest BCUT2D eigenvalue weighted by atomic mass is 32.1. The number of carbonyl (C=O) groups is 2. The number of aromatic nitrogens is 1. The summed E-state index contributed by atoms with van der Waals surface area (Å²) < 4.78 is 10.6. The average molecular weight is 492 g/mol. The van der Waals surface area contributed by atoms with E-state index in [2.05, 4.69) is 16.4 Å². The predicted molar refractivity (Wildman–Crippen MR) is 135 cm³/mol. The van der Waals surface area contributed by atoms with E-state index >= 15 is 0 Å². The lowest BCUT2D eigenvalue weighted by atomic mass is 10.1. The number of methoxy groups -OCH3 is 2. The highest BCUT2D eigenvalue weighted by molar-refractivity contribution is 7.15. The zero-order valence-corrected chi connectivity index (χ0v) is 21.1. The molecule has 8 heteroatoms. The molecule has 2 fully saturated rings. The maximum Gasteiger partial charge on any atom is 0.274 e. The van der Waals surface area contributed by atoms with Crippen LogP contribution in [0, 0.1) is 25.7 Å². The Balaban J connectivity index is 1.34. The Labute approximate surface area is 209 Å². The van der Waals surface area contributed by atoms with Gasteiger partial charge in [0.1, 0.15) is 17.2 Å². The highest BCUT2D eigenvalue weighted by Crippen LogP contribution is 2.50. The van der Waals surface area contributed by atoms with Crippen LogP contribution >= 0.6 is 11.3 Å². The van der Waals surface area contributed by atoms with E-state index in [1.807, 2.05) is 36.9 Å². The van der Waals surface area contributed by atoms with E-state index in [4.69, 9.17) is 9.47 Å². The molecule has 7 nitrogen and oxygen atoms in total. The number of aryl methyl sites for hydroxylation is 2. The lowest BCUT2D eigenvalue weighted by molar-refractivity contribution is 0.0690. The number of piperidine rings is 1. The van der Waals surface area contributed by atoms with Gasteiger partial charge in [-0.3, -0.25) is 9.59 Å². The van der Waals surface area contributed by atoms with Gasteiger partial charge >= 0.3 is 0 Å². The van der Waals surface area contributed by atoms with Crippen molar-refractivity contribution in [3.63, 3.8) is 0 Å². The number of thiazole rings is 1. The molecule has 1 N–H and O–H groups in total. The minimum Gasteiger partial charge on any atom is -0.497 e. The molecule has 0 bridgehead atoms.